The van der Waals surface area contributed by atoms with E-state index in [1.54, 1.807) is 0 Å². The molecular weight excluding hydrogens is 420 g/mol. The van der Waals surface area contributed by atoms with Crippen molar-refractivity contribution in [1.29, 1.82) is 0 Å². The largest absolute Gasteiger partial charge is 0.493 e. The molecule has 0 bridgehead atoms. The van der Waals surface area contributed by atoms with Crippen LogP contribution in [0, 0.1) is 5.41 Å². The van der Waals surface area contributed by atoms with E-state index in [9.17, 15) is 0 Å². The third kappa shape index (κ3) is 3.51. The van der Waals surface area contributed by atoms with Crippen LogP contribution in [0.3, 0.4) is 0 Å². The molecule has 4 nitrogen and oxygen atoms in total. The van der Waals surface area contributed by atoms with Gasteiger partial charge < -0.3 is 19.8 Å². The molecule has 1 fully saturated rings. The summed E-state index contributed by atoms with van der Waals surface area (Å²) in [5, 5.41) is 2.48. The van der Waals surface area contributed by atoms with E-state index in [-0.39, 0.29) is 5.41 Å². The van der Waals surface area contributed by atoms with Crippen molar-refractivity contribution < 1.29 is 9.47 Å². The van der Waals surface area contributed by atoms with Crippen molar-refractivity contribution in [2.75, 3.05) is 25.6 Å². The summed E-state index contributed by atoms with van der Waals surface area (Å²) in [5.41, 5.74) is 12.7. The summed E-state index contributed by atoms with van der Waals surface area (Å²) >= 11 is 0. The van der Waals surface area contributed by atoms with E-state index < -0.39 is 0 Å². The Balaban J connectivity index is 1.35. The van der Waals surface area contributed by atoms with Crippen LogP contribution in [0.25, 0.3) is 38.6 Å². The molecule has 1 aliphatic rings. The van der Waals surface area contributed by atoms with Crippen LogP contribution in [0.1, 0.15) is 13.3 Å². The molecule has 170 valence electrons. The molecule has 0 amide bonds. The van der Waals surface area contributed by atoms with E-state index in [0.29, 0.717) is 6.61 Å². The van der Waals surface area contributed by atoms with Crippen molar-refractivity contribution in [3.8, 4) is 22.6 Å². The van der Waals surface area contributed by atoms with Gasteiger partial charge >= 0.3 is 0 Å². The van der Waals surface area contributed by atoms with Crippen LogP contribution >= 0.6 is 0 Å². The molecule has 0 saturated carbocycles. The van der Waals surface area contributed by atoms with Crippen molar-refractivity contribution >= 4 is 27.5 Å². The number of aromatic nitrogens is 1. The zero-order chi connectivity index (χ0) is 23.1. The van der Waals surface area contributed by atoms with Gasteiger partial charge in [-0.1, -0.05) is 43.3 Å². The van der Waals surface area contributed by atoms with Gasteiger partial charge in [-0.15, -0.1) is 0 Å². The maximum absolute atomic E-state index is 6.09. The number of hydrogen-bond acceptors (Lipinski definition) is 3. The Kier molecular flexibility index (Phi) is 5.04. The lowest BCUT2D eigenvalue weighted by atomic mass is 9.84. The molecule has 1 aromatic heterocycles. The first-order valence-corrected chi connectivity index (χ1v) is 11.9. The molecule has 0 atom stereocenters. The molecule has 4 aromatic carbocycles. The second-order valence-electron chi connectivity index (χ2n) is 9.34. The number of nitrogen functional groups attached to an aromatic ring is 1. The van der Waals surface area contributed by atoms with Crippen LogP contribution in [0.4, 0.5) is 5.69 Å². The van der Waals surface area contributed by atoms with Crippen molar-refractivity contribution in [3.63, 3.8) is 0 Å². The fraction of sp³-hybridized carbons (Fsp3) is 0.200. The highest BCUT2D eigenvalue weighted by Crippen LogP contribution is 2.36. The van der Waals surface area contributed by atoms with Gasteiger partial charge in [0.15, 0.2) is 0 Å². The summed E-state index contributed by atoms with van der Waals surface area (Å²) in [4.78, 5) is 0. The molecule has 0 radical (unpaired) electrons. The van der Waals surface area contributed by atoms with Gasteiger partial charge in [-0.3, -0.25) is 0 Å². The Morgan fingerprint density at radius 2 is 1.53 bits per heavy atom. The predicted octanol–water partition coefficient (Wildman–Crippen LogP) is 6.84. The number of nitrogens with two attached hydrogens (primary N) is 1. The van der Waals surface area contributed by atoms with Gasteiger partial charge in [-0.05, 0) is 72.1 Å². The molecule has 6 rings (SSSR count). The first kappa shape index (κ1) is 20.8. The highest BCUT2D eigenvalue weighted by atomic mass is 16.5. The van der Waals surface area contributed by atoms with E-state index in [1.165, 1.54) is 32.9 Å². The van der Waals surface area contributed by atoms with Crippen molar-refractivity contribution in [1.82, 2.24) is 4.57 Å². The van der Waals surface area contributed by atoms with E-state index in [0.717, 1.165) is 36.8 Å². The summed E-state index contributed by atoms with van der Waals surface area (Å²) in [6, 6.07) is 31.7. The van der Waals surface area contributed by atoms with Crippen molar-refractivity contribution in [2.45, 2.75) is 13.3 Å². The highest BCUT2D eigenvalue weighted by Gasteiger charge is 2.37. The van der Waals surface area contributed by atoms with E-state index in [1.807, 2.05) is 12.1 Å². The van der Waals surface area contributed by atoms with Gasteiger partial charge in [0.25, 0.3) is 0 Å². The van der Waals surface area contributed by atoms with Crippen LogP contribution in [-0.2, 0) is 4.74 Å². The SMILES string of the molecule is CCC1(COc2ccc(-c3ccc4c(c3)c3ccccc3n4-c3ccc(N)cc3)cc2)COC1. The standard InChI is InChI=1S/C30H28N2O2/c1-2-30(18-33-19-30)20-34-25-14-7-21(8-15-25)22-9-16-29-27(17-22)26-5-3-4-6-28(26)32(29)24-12-10-23(31)11-13-24/h3-17H,2,18-20,31H2,1H3. The second kappa shape index (κ2) is 8.23. The number of rotatable bonds is 6. The molecule has 0 unspecified atom stereocenters. The molecule has 2 heterocycles. The van der Waals surface area contributed by atoms with Crippen LogP contribution in [0.2, 0.25) is 0 Å². The third-order valence-corrected chi connectivity index (χ3v) is 7.12. The van der Waals surface area contributed by atoms with Gasteiger partial charge in [0.1, 0.15) is 5.75 Å². The topological polar surface area (TPSA) is 49.4 Å². The quantitative estimate of drug-likeness (QED) is 0.289. The predicted molar refractivity (Wildman–Crippen MR) is 140 cm³/mol. The summed E-state index contributed by atoms with van der Waals surface area (Å²) in [6.07, 6.45) is 1.08. The summed E-state index contributed by atoms with van der Waals surface area (Å²) in [6.45, 7) is 4.51. The lowest BCUT2D eigenvalue weighted by Crippen LogP contribution is -2.46. The monoisotopic (exact) mass is 448 g/mol. The highest BCUT2D eigenvalue weighted by molar-refractivity contribution is 6.10. The first-order valence-electron chi connectivity index (χ1n) is 11.9. The Bertz CT molecular complexity index is 1460. The maximum atomic E-state index is 6.09. The molecule has 2 N–H and O–H groups in total. The third-order valence-electron chi connectivity index (χ3n) is 7.12. The van der Waals surface area contributed by atoms with Gasteiger partial charge in [-0.25, -0.2) is 0 Å². The zero-order valence-electron chi connectivity index (χ0n) is 19.3. The summed E-state index contributed by atoms with van der Waals surface area (Å²) in [5.74, 6) is 0.907. The smallest absolute Gasteiger partial charge is 0.119 e. The lowest BCUT2D eigenvalue weighted by Gasteiger charge is -2.40. The molecular formula is C30H28N2O2. The molecule has 0 spiro atoms. The van der Waals surface area contributed by atoms with Gasteiger partial charge in [0.2, 0.25) is 0 Å². The van der Waals surface area contributed by atoms with E-state index in [4.69, 9.17) is 15.2 Å². The molecule has 4 heteroatoms. The van der Waals surface area contributed by atoms with Crippen LogP contribution in [-0.4, -0.2) is 24.4 Å². The number of benzene rings is 4. The van der Waals surface area contributed by atoms with Crippen LogP contribution in [0.5, 0.6) is 5.75 Å². The fourth-order valence-corrected chi connectivity index (χ4v) is 4.81. The first-order chi connectivity index (χ1) is 16.7. The molecule has 1 saturated heterocycles. The fourth-order valence-electron chi connectivity index (χ4n) is 4.81. The Hall–Kier alpha value is -3.76. The number of anilines is 1. The summed E-state index contributed by atoms with van der Waals surface area (Å²) in [7, 11) is 0. The molecule has 1 aliphatic heterocycles. The number of hydrogen-bond donors (Lipinski definition) is 1. The van der Waals surface area contributed by atoms with Gasteiger partial charge in [0, 0.05) is 22.1 Å². The lowest BCUT2D eigenvalue weighted by molar-refractivity contribution is -0.133. The minimum Gasteiger partial charge on any atom is -0.493 e. The molecule has 5 aromatic rings. The van der Waals surface area contributed by atoms with Gasteiger partial charge in [0.05, 0.1) is 36.3 Å². The minimum atomic E-state index is 0.183. The van der Waals surface area contributed by atoms with Gasteiger partial charge in [-0.2, -0.15) is 0 Å². The average Bonchev–Trinajstić information content (AvgIpc) is 3.18. The Morgan fingerprint density at radius 1 is 0.824 bits per heavy atom. The Labute approximate surface area is 199 Å². The normalized spacial score (nSPS) is 14.9. The van der Waals surface area contributed by atoms with E-state index >= 15 is 0 Å². The van der Waals surface area contributed by atoms with Crippen molar-refractivity contribution in [2.24, 2.45) is 5.41 Å². The van der Waals surface area contributed by atoms with Crippen LogP contribution < -0.4 is 10.5 Å². The van der Waals surface area contributed by atoms with E-state index in [2.05, 4.69) is 90.4 Å². The maximum Gasteiger partial charge on any atom is 0.119 e. The molecule has 0 aliphatic carbocycles. The Morgan fingerprint density at radius 3 is 2.24 bits per heavy atom. The zero-order valence-corrected chi connectivity index (χ0v) is 19.3. The number of para-hydroxylation sites is 1. The number of fused-ring (bicyclic) bond motifs is 3. The number of nitrogens with zero attached hydrogens (tertiary/aromatic N) is 1. The molecule has 34 heavy (non-hydrogen) atoms. The minimum absolute atomic E-state index is 0.183. The average molecular weight is 449 g/mol. The van der Waals surface area contributed by atoms with Crippen LogP contribution in [0.15, 0.2) is 91.0 Å². The van der Waals surface area contributed by atoms with Crippen molar-refractivity contribution in [3.05, 3.63) is 91.0 Å². The second-order valence-corrected chi connectivity index (χ2v) is 9.34. The summed E-state index contributed by atoms with van der Waals surface area (Å²) < 4.78 is 13.8. The number of ether oxygens (including phenoxy) is 2.